The van der Waals surface area contributed by atoms with E-state index in [1.165, 1.54) is 0 Å². The molecule has 8 heteroatoms. The van der Waals surface area contributed by atoms with Gasteiger partial charge in [-0.2, -0.15) is 13.2 Å². The molecule has 1 aliphatic carbocycles. The zero-order chi connectivity index (χ0) is 13.4. The molecule has 0 bridgehead atoms. The Labute approximate surface area is 104 Å². The van der Waals surface area contributed by atoms with Crippen molar-refractivity contribution in [3.05, 3.63) is 45.1 Å². The molecule has 0 N–H and O–H groups in total. The predicted molar refractivity (Wildman–Crippen MR) is 57.4 cm³/mol. The van der Waals surface area contributed by atoms with Crippen LogP contribution in [0.25, 0.3) is 0 Å². The van der Waals surface area contributed by atoms with Crippen LogP contribution in [0.5, 0.6) is 0 Å². The van der Waals surface area contributed by atoms with E-state index in [0.29, 0.717) is 0 Å². The zero-order valence-corrected chi connectivity index (χ0v) is 9.73. The van der Waals surface area contributed by atoms with Gasteiger partial charge in [-0.3, -0.25) is 10.1 Å². The largest absolute Gasteiger partial charge is 0.413 e. The van der Waals surface area contributed by atoms with Crippen LogP contribution in [0, 0.1) is 10.1 Å². The molecule has 1 rings (SSSR count). The molecule has 0 aromatic heterocycles. The summed E-state index contributed by atoms with van der Waals surface area (Å²) < 4.78 is 38.1. The molecule has 0 radical (unpaired) electrons. The lowest BCUT2D eigenvalue weighted by Crippen LogP contribution is -2.42. The van der Waals surface area contributed by atoms with E-state index in [4.69, 9.17) is 23.2 Å². The zero-order valence-electron chi connectivity index (χ0n) is 8.22. The van der Waals surface area contributed by atoms with Crippen LogP contribution in [-0.4, -0.2) is 16.0 Å². The van der Waals surface area contributed by atoms with E-state index >= 15 is 0 Å². The Kier molecular flexibility index (Phi) is 3.59. The van der Waals surface area contributed by atoms with Crippen LogP contribution < -0.4 is 0 Å². The Balaban J connectivity index is 3.35. The van der Waals surface area contributed by atoms with E-state index in [1.54, 1.807) is 0 Å². The molecule has 0 saturated carbocycles. The van der Waals surface area contributed by atoms with Gasteiger partial charge in [0.2, 0.25) is 0 Å². The molecule has 0 aromatic carbocycles. The summed E-state index contributed by atoms with van der Waals surface area (Å²) >= 11 is 10.8. The standard InChI is InChI=1S/C9H6Cl2F3NO2/c1-2-5-3-7(10)8(11,9(12,13)14)4-6(5)15(16)17/h2-3H,1,4H2. The van der Waals surface area contributed by atoms with E-state index < -0.39 is 33.1 Å². The van der Waals surface area contributed by atoms with Gasteiger partial charge >= 0.3 is 6.18 Å². The third-order valence-electron chi connectivity index (χ3n) is 2.29. The first kappa shape index (κ1) is 14.1. The Morgan fingerprint density at radius 3 is 2.47 bits per heavy atom. The summed E-state index contributed by atoms with van der Waals surface area (Å²) in [5.74, 6) is 0. The molecule has 1 aliphatic rings. The van der Waals surface area contributed by atoms with Gasteiger partial charge in [0.1, 0.15) is 0 Å². The maximum atomic E-state index is 12.7. The van der Waals surface area contributed by atoms with Gasteiger partial charge in [-0.05, 0) is 6.08 Å². The van der Waals surface area contributed by atoms with Gasteiger partial charge in [0.05, 0.1) is 11.3 Å². The molecule has 0 saturated heterocycles. The van der Waals surface area contributed by atoms with Crippen molar-refractivity contribution in [3.63, 3.8) is 0 Å². The number of allylic oxidation sites excluding steroid dienone is 5. The molecule has 0 fully saturated rings. The highest BCUT2D eigenvalue weighted by Gasteiger charge is 2.59. The van der Waals surface area contributed by atoms with Gasteiger partial charge < -0.3 is 0 Å². The van der Waals surface area contributed by atoms with Gasteiger partial charge in [0, 0.05) is 10.6 Å². The van der Waals surface area contributed by atoms with Crippen LogP contribution in [0.4, 0.5) is 13.2 Å². The van der Waals surface area contributed by atoms with Crippen molar-refractivity contribution in [3.8, 4) is 0 Å². The van der Waals surface area contributed by atoms with Crippen molar-refractivity contribution in [2.75, 3.05) is 0 Å². The van der Waals surface area contributed by atoms with Crippen molar-refractivity contribution in [1.29, 1.82) is 0 Å². The molecule has 0 spiro atoms. The molecule has 1 atom stereocenters. The van der Waals surface area contributed by atoms with Gasteiger partial charge in [-0.15, -0.1) is 11.6 Å². The Morgan fingerprint density at radius 2 is 2.12 bits per heavy atom. The van der Waals surface area contributed by atoms with Gasteiger partial charge in [-0.1, -0.05) is 24.3 Å². The van der Waals surface area contributed by atoms with E-state index in [0.717, 1.165) is 12.2 Å². The Hall–Kier alpha value is -1.01. The van der Waals surface area contributed by atoms with Crippen molar-refractivity contribution in [2.24, 2.45) is 0 Å². The lowest BCUT2D eigenvalue weighted by Gasteiger charge is -2.30. The minimum atomic E-state index is -4.88. The average Bonchev–Trinajstić information content (AvgIpc) is 2.19. The SMILES string of the molecule is C=CC1=C([N+](=O)[O-])CC(Cl)(C(F)(F)F)C(Cl)=C1. The monoisotopic (exact) mass is 287 g/mol. The number of nitro groups is 1. The molecule has 0 amide bonds. The first-order chi connectivity index (χ1) is 7.63. The van der Waals surface area contributed by atoms with E-state index in [9.17, 15) is 23.3 Å². The number of halogens is 5. The smallest absolute Gasteiger partial charge is 0.259 e. The van der Waals surface area contributed by atoms with Crippen LogP contribution in [0.3, 0.4) is 0 Å². The summed E-state index contributed by atoms with van der Waals surface area (Å²) in [6.07, 6.45) is -4.03. The summed E-state index contributed by atoms with van der Waals surface area (Å²) in [4.78, 5) is 6.79. The maximum Gasteiger partial charge on any atom is 0.413 e. The van der Waals surface area contributed by atoms with E-state index in [-0.39, 0.29) is 5.57 Å². The minimum absolute atomic E-state index is 0.0690. The third kappa shape index (κ3) is 2.32. The predicted octanol–water partition coefficient (Wildman–Crippen LogP) is 3.77. The normalized spacial score (nSPS) is 25.6. The molecule has 17 heavy (non-hydrogen) atoms. The van der Waals surface area contributed by atoms with Crippen LogP contribution >= 0.6 is 23.2 Å². The van der Waals surface area contributed by atoms with Crippen molar-refractivity contribution in [1.82, 2.24) is 0 Å². The summed E-state index contributed by atoms with van der Waals surface area (Å²) in [5, 5.41) is 9.94. The second kappa shape index (κ2) is 4.34. The molecular weight excluding hydrogens is 282 g/mol. The van der Waals surface area contributed by atoms with Crippen LogP contribution in [0.2, 0.25) is 0 Å². The fourth-order valence-corrected chi connectivity index (χ4v) is 1.81. The van der Waals surface area contributed by atoms with Crippen molar-refractivity contribution >= 4 is 23.2 Å². The fraction of sp³-hybridized carbons (Fsp3) is 0.333. The van der Waals surface area contributed by atoms with Gasteiger partial charge in [0.25, 0.3) is 5.70 Å². The molecule has 0 aliphatic heterocycles. The molecule has 0 heterocycles. The first-order valence-electron chi connectivity index (χ1n) is 4.27. The van der Waals surface area contributed by atoms with Crippen molar-refractivity contribution < 1.29 is 18.1 Å². The highest BCUT2D eigenvalue weighted by Crippen LogP contribution is 2.50. The summed E-state index contributed by atoms with van der Waals surface area (Å²) in [6.45, 7) is 3.27. The van der Waals surface area contributed by atoms with Gasteiger partial charge in [0.15, 0.2) is 4.87 Å². The Bertz CT molecular complexity index is 442. The van der Waals surface area contributed by atoms with Crippen molar-refractivity contribution in [2.45, 2.75) is 17.5 Å². The van der Waals surface area contributed by atoms with Crippen LogP contribution in [0.15, 0.2) is 35.0 Å². The average molecular weight is 288 g/mol. The number of hydrogen-bond donors (Lipinski definition) is 0. The molecule has 3 nitrogen and oxygen atoms in total. The third-order valence-corrected chi connectivity index (χ3v) is 3.37. The minimum Gasteiger partial charge on any atom is -0.259 e. The molecule has 0 aromatic rings. The number of nitrogens with zero attached hydrogens (tertiary/aromatic N) is 1. The molecular formula is C9H6Cl2F3NO2. The van der Waals surface area contributed by atoms with Crippen LogP contribution in [-0.2, 0) is 0 Å². The van der Waals surface area contributed by atoms with E-state index in [1.807, 2.05) is 0 Å². The highest BCUT2D eigenvalue weighted by atomic mass is 35.5. The Morgan fingerprint density at radius 1 is 1.59 bits per heavy atom. The molecule has 1 unspecified atom stereocenters. The van der Waals surface area contributed by atoms with Crippen LogP contribution in [0.1, 0.15) is 6.42 Å². The number of alkyl halides is 4. The number of rotatable bonds is 2. The lowest BCUT2D eigenvalue weighted by molar-refractivity contribution is -0.430. The summed E-state index contributed by atoms with van der Waals surface area (Å²) in [5.41, 5.74) is -0.725. The number of hydrogen-bond acceptors (Lipinski definition) is 2. The second-order valence-corrected chi connectivity index (χ2v) is 4.38. The second-order valence-electron chi connectivity index (χ2n) is 3.33. The van der Waals surface area contributed by atoms with Gasteiger partial charge in [-0.25, -0.2) is 0 Å². The topological polar surface area (TPSA) is 43.1 Å². The molecule has 94 valence electrons. The highest BCUT2D eigenvalue weighted by molar-refractivity contribution is 6.40. The lowest BCUT2D eigenvalue weighted by atomic mass is 9.92. The summed E-state index contributed by atoms with van der Waals surface area (Å²) in [6, 6.07) is 0. The quantitative estimate of drug-likeness (QED) is 0.441. The summed E-state index contributed by atoms with van der Waals surface area (Å²) in [7, 11) is 0. The first-order valence-corrected chi connectivity index (χ1v) is 5.02. The van der Waals surface area contributed by atoms with E-state index in [2.05, 4.69) is 6.58 Å². The maximum absolute atomic E-state index is 12.7. The fourth-order valence-electron chi connectivity index (χ4n) is 1.33.